The lowest BCUT2D eigenvalue weighted by Crippen LogP contribution is -2.10. The van der Waals surface area contributed by atoms with Gasteiger partial charge in [0.05, 0.1) is 0 Å². The van der Waals surface area contributed by atoms with E-state index in [1.165, 1.54) is 89.9 Å². The summed E-state index contributed by atoms with van der Waals surface area (Å²) in [6, 6.07) is 15.0. The van der Waals surface area contributed by atoms with Gasteiger partial charge >= 0.3 is 11.9 Å². The SMILES string of the molecule is CCCCCCCCCCCC(=O)Oc1ccccc1-c1ccccc1OC(=O)CCCCCCCCCCC. The first-order valence-corrected chi connectivity index (χ1v) is 16.3. The third-order valence-electron chi connectivity index (χ3n) is 7.48. The Morgan fingerprint density at radius 1 is 0.450 bits per heavy atom. The van der Waals surface area contributed by atoms with Gasteiger partial charge in [-0.25, -0.2) is 0 Å². The summed E-state index contributed by atoms with van der Waals surface area (Å²) in [7, 11) is 0. The smallest absolute Gasteiger partial charge is 0.311 e. The normalized spacial score (nSPS) is 10.9. The third kappa shape index (κ3) is 14.7. The Hall–Kier alpha value is -2.62. The fourth-order valence-corrected chi connectivity index (χ4v) is 5.06. The lowest BCUT2D eigenvalue weighted by Gasteiger charge is -2.14. The maximum absolute atomic E-state index is 12.6. The van der Waals surface area contributed by atoms with E-state index in [1.54, 1.807) is 0 Å². The molecule has 0 aliphatic carbocycles. The quantitative estimate of drug-likeness (QED) is 0.0784. The molecule has 4 heteroatoms. The minimum absolute atomic E-state index is 0.213. The van der Waals surface area contributed by atoms with Gasteiger partial charge in [-0.05, 0) is 25.0 Å². The van der Waals surface area contributed by atoms with Crippen molar-refractivity contribution in [2.75, 3.05) is 0 Å². The van der Waals surface area contributed by atoms with Crippen LogP contribution in [0.5, 0.6) is 11.5 Å². The summed E-state index contributed by atoms with van der Waals surface area (Å²) < 4.78 is 11.6. The molecule has 0 aliphatic heterocycles. The summed E-state index contributed by atoms with van der Waals surface area (Å²) in [4.78, 5) is 25.2. The van der Waals surface area contributed by atoms with Crippen LogP contribution in [0.3, 0.4) is 0 Å². The van der Waals surface area contributed by atoms with Crippen LogP contribution in [-0.4, -0.2) is 11.9 Å². The predicted molar refractivity (Wildman–Crippen MR) is 167 cm³/mol. The zero-order valence-corrected chi connectivity index (χ0v) is 25.4. The number of ether oxygens (including phenoxy) is 2. The molecule has 2 aromatic rings. The molecule has 0 atom stereocenters. The van der Waals surface area contributed by atoms with E-state index in [4.69, 9.17) is 9.47 Å². The molecular weight excluding hydrogens is 496 g/mol. The Kier molecular flexibility index (Phi) is 18.6. The maximum Gasteiger partial charge on any atom is 0.311 e. The van der Waals surface area contributed by atoms with Gasteiger partial charge in [-0.3, -0.25) is 9.59 Å². The number of para-hydroxylation sites is 2. The van der Waals surface area contributed by atoms with Gasteiger partial charge in [0, 0.05) is 24.0 Å². The molecule has 222 valence electrons. The molecule has 0 aromatic heterocycles. The number of hydrogen-bond donors (Lipinski definition) is 0. The molecule has 0 spiro atoms. The number of benzene rings is 2. The number of rotatable bonds is 23. The van der Waals surface area contributed by atoms with E-state index < -0.39 is 0 Å². The number of esters is 2. The van der Waals surface area contributed by atoms with Crippen LogP contribution >= 0.6 is 0 Å². The summed E-state index contributed by atoms with van der Waals surface area (Å²) in [5, 5.41) is 0. The highest BCUT2D eigenvalue weighted by Gasteiger charge is 2.16. The minimum atomic E-state index is -0.213. The van der Waals surface area contributed by atoms with E-state index >= 15 is 0 Å². The van der Waals surface area contributed by atoms with Crippen LogP contribution in [0.1, 0.15) is 142 Å². The van der Waals surface area contributed by atoms with Crippen molar-refractivity contribution in [3.63, 3.8) is 0 Å². The van der Waals surface area contributed by atoms with Crippen molar-refractivity contribution in [1.29, 1.82) is 0 Å². The Bertz CT molecular complexity index is 874. The summed E-state index contributed by atoms with van der Waals surface area (Å²) in [5.41, 5.74) is 1.52. The molecular formula is C36H54O4. The second-order valence-electron chi connectivity index (χ2n) is 11.1. The number of carbonyl (C=O) groups is 2. The molecule has 2 rings (SSSR count). The molecule has 0 aliphatic rings. The van der Waals surface area contributed by atoms with Crippen LogP contribution in [-0.2, 0) is 9.59 Å². The van der Waals surface area contributed by atoms with Crippen LogP contribution in [0.2, 0.25) is 0 Å². The van der Waals surface area contributed by atoms with Crippen LogP contribution in [0, 0.1) is 0 Å². The molecule has 0 bridgehead atoms. The number of unbranched alkanes of at least 4 members (excludes halogenated alkanes) is 16. The lowest BCUT2D eigenvalue weighted by molar-refractivity contribution is -0.135. The second-order valence-corrected chi connectivity index (χ2v) is 11.1. The highest BCUT2D eigenvalue weighted by atomic mass is 16.5. The van der Waals surface area contributed by atoms with Crippen LogP contribution < -0.4 is 9.47 Å². The topological polar surface area (TPSA) is 52.6 Å². The van der Waals surface area contributed by atoms with Gasteiger partial charge in [0.15, 0.2) is 0 Å². The van der Waals surface area contributed by atoms with Crippen LogP contribution in [0.15, 0.2) is 48.5 Å². The van der Waals surface area contributed by atoms with Gasteiger partial charge in [-0.15, -0.1) is 0 Å². The summed E-state index contributed by atoms with van der Waals surface area (Å²) in [6.07, 6.45) is 22.6. The van der Waals surface area contributed by atoms with Gasteiger partial charge in [0.25, 0.3) is 0 Å². The van der Waals surface area contributed by atoms with Gasteiger partial charge in [-0.1, -0.05) is 153 Å². The van der Waals surface area contributed by atoms with E-state index in [0.29, 0.717) is 24.3 Å². The Labute approximate surface area is 244 Å². The fourth-order valence-electron chi connectivity index (χ4n) is 5.06. The largest absolute Gasteiger partial charge is 0.426 e. The monoisotopic (exact) mass is 550 g/mol. The summed E-state index contributed by atoms with van der Waals surface area (Å²) >= 11 is 0. The van der Waals surface area contributed by atoms with E-state index in [9.17, 15) is 9.59 Å². The molecule has 0 unspecified atom stereocenters. The lowest BCUT2D eigenvalue weighted by atomic mass is 10.0. The second kappa shape index (κ2) is 22.1. The van der Waals surface area contributed by atoms with Crippen molar-refractivity contribution in [3.05, 3.63) is 48.5 Å². The molecule has 0 heterocycles. The number of carbonyl (C=O) groups excluding carboxylic acids is 2. The van der Waals surface area contributed by atoms with Crippen LogP contribution in [0.25, 0.3) is 11.1 Å². The molecule has 40 heavy (non-hydrogen) atoms. The van der Waals surface area contributed by atoms with Gasteiger partial charge in [0.1, 0.15) is 11.5 Å². The summed E-state index contributed by atoms with van der Waals surface area (Å²) in [6.45, 7) is 4.48. The highest BCUT2D eigenvalue weighted by molar-refractivity contribution is 5.82. The first-order chi connectivity index (χ1) is 19.7. The van der Waals surface area contributed by atoms with Crippen molar-refractivity contribution >= 4 is 11.9 Å². The van der Waals surface area contributed by atoms with E-state index in [0.717, 1.165) is 36.8 Å². The predicted octanol–water partition coefficient (Wildman–Crippen LogP) is 11.0. The molecule has 4 nitrogen and oxygen atoms in total. The average molecular weight is 551 g/mol. The Balaban J connectivity index is 1.79. The van der Waals surface area contributed by atoms with Crippen molar-refractivity contribution in [1.82, 2.24) is 0 Å². The minimum Gasteiger partial charge on any atom is -0.426 e. The highest BCUT2D eigenvalue weighted by Crippen LogP contribution is 2.36. The number of hydrogen-bond acceptors (Lipinski definition) is 4. The molecule has 2 aromatic carbocycles. The standard InChI is InChI=1S/C36H54O4/c1-3-5-7-9-11-13-15-17-19-29-35(37)39-33-27-23-21-25-31(33)32-26-22-24-28-34(32)40-36(38)30-20-18-16-14-12-10-8-6-4-2/h21-28H,3-20,29-30H2,1-2H3. The van der Waals surface area contributed by atoms with Gasteiger partial charge < -0.3 is 9.47 Å². The first-order valence-electron chi connectivity index (χ1n) is 16.3. The third-order valence-corrected chi connectivity index (χ3v) is 7.48. The van der Waals surface area contributed by atoms with E-state index in [-0.39, 0.29) is 11.9 Å². The first kappa shape index (κ1) is 33.6. The summed E-state index contributed by atoms with van der Waals surface area (Å²) in [5.74, 6) is 0.585. The maximum atomic E-state index is 12.6. The zero-order valence-electron chi connectivity index (χ0n) is 25.4. The molecule has 0 amide bonds. The fraction of sp³-hybridized carbons (Fsp3) is 0.611. The Morgan fingerprint density at radius 3 is 1.10 bits per heavy atom. The Morgan fingerprint density at radius 2 is 0.750 bits per heavy atom. The van der Waals surface area contributed by atoms with Crippen LogP contribution in [0.4, 0.5) is 0 Å². The molecule has 0 saturated carbocycles. The van der Waals surface area contributed by atoms with Crippen molar-refractivity contribution in [2.24, 2.45) is 0 Å². The zero-order chi connectivity index (χ0) is 28.7. The van der Waals surface area contributed by atoms with Crippen molar-refractivity contribution < 1.29 is 19.1 Å². The van der Waals surface area contributed by atoms with Crippen molar-refractivity contribution in [3.8, 4) is 22.6 Å². The molecule has 0 saturated heterocycles. The van der Waals surface area contributed by atoms with Crippen molar-refractivity contribution in [2.45, 2.75) is 142 Å². The van der Waals surface area contributed by atoms with E-state index in [1.807, 2.05) is 48.5 Å². The van der Waals surface area contributed by atoms with Gasteiger partial charge in [-0.2, -0.15) is 0 Å². The molecule has 0 fully saturated rings. The average Bonchev–Trinajstić information content (AvgIpc) is 2.96. The van der Waals surface area contributed by atoms with Gasteiger partial charge in [0.2, 0.25) is 0 Å². The molecule has 0 radical (unpaired) electrons. The van der Waals surface area contributed by atoms with E-state index in [2.05, 4.69) is 13.8 Å². The molecule has 0 N–H and O–H groups in total.